The predicted molar refractivity (Wildman–Crippen MR) is 88.1 cm³/mol. The summed E-state index contributed by atoms with van der Waals surface area (Å²) in [6.45, 7) is 2.67. The molecule has 0 spiro atoms. The van der Waals surface area contributed by atoms with Crippen molar-refractivity contribution in [1.29, 1.82) is 0 Å². The first-order valence-electron chi connectivity index (χ1n) is 8.60. The molecule has 1 nitrogen and oxygen atoms in total. The molecule has 19 heavy (non-hydrogen) atoms. The van der Waals surface area contributed by atoms with Gasteiger partial charge < -0.3 is 0 Å². The van der Waals surface area contributed by atoms with Crippen LogP contribution in [0.25, 0.3) is 0 Å². The van der Waals surface area contributed by atoms with Gasteiger partial charge in [-0.15, -0.1) is 0 Å². The molecule has 0 bridgehead atoms. The molecule has 0 aliphatic rings. The summed E-state index contributed by atoms with van der Waals surface area (Å²) in [5.41, 5.74) is 0. The van der Waals surface area contributed by atoms with E-state index in [0.717, 1.165) is 21.4 Å². The Morgan fingerprint density at radius 3 is 1.47 bits per heavy atom. The fraction of sp³-hybridized carbons (Fsp3) is 1.00. The number of rotatable bonds is 16. The number of hydrogen-bond acceptors (Lipinski definition) is 1. The van der Waals surface area contributed by atoms with Crippen molar-refractivity contribution < 1.29 is 5.11 Å². The van der Waals surface area contributed by atoms with Crippen LogP contribution >= 0.6 is 0 Å². The number of aliphatic hydroxyl groups excluding tert-OH is 1. The summed E-state index contributed by atoms with van der Waals surface area (Å²) in [6, 6.07) is 0. The Bertz CT molecular complexity index is 134. The molecule has 0 saturated heterocycles. The molecular weight excluding hydrogens is 299 g/mol. The van der Waals surface area contributed by atoms with Crippen LogP contribution in [0, 0.1) is 0 Å². The first kappa shape index (κ1) is 19.5. The summed E-state index contributed by atoms with van der Waals surface area (Å²) in [6.07, 6.45) is 18.4. The van der Waals surface area contributed by atoms with Gasteiger partial charge in [0.25, 0.3) is 0 Å². The van der Waals surface area contributed by atoms with E-state index in [-0.39, 0.29) is 0 Å². The van der Waals surface area contributed by atoms with Crippen molar-refractivity contribution in [2.45, 2.75) is 101 Å². The van der Waals surface area contributed by atoms with E-state index >= 15 is 0 Å². The van der Waals surface area contributed by atoms with E-state index in [9.17, 15) is 0 Å². The molecule has 0 saturated carbocycles. The van der Waals surface area contributed by atoms with E-state index in [4.69, 9.17) is 5.11 Å². The van der Waals surface area contributed by atoms with Gasteiger partial charge in [0.2, 0.25) is 0 Å². The van der Waals surface area contributed by atoms with Crippen molar-refractivity contribution in [3.63, 3.8) is 0 Å². The van der Waals surface area contributed by atoms with Gasteiger partial charge in [0, 0.05) is 0 Å². The van der Waals surface area contributed by atoms with Crippen LogP contribution in [0.15, 0.2) is 0 Å². The minimum atomic E-state index is 0.389. The molecule has 0 rings (SSSR count). The van der Waals surface area contributed by atoms with Crippen LogP contribution in [0.1, 0.15) is 90.4 Å². The zero-order valence-electron chi connectivity index (χ0n) is 13.2. The van der Waals surface area contributed by atoms with E-state index in [1.165, 1.54) is 87.7 Å². The summed E-state index contributed by atoms with van der Waals surface area (Å²) >= 11 is 0.807. The predicted octanol–water partition coefficient (Wildman–Crippen LogP) is 5.61. The molecule has 116 valence electrons. The summed E-state index contributed by atoms with van der Waals surface area (Å²) in [5.74, 6) is 0. The average molecular weight is 335 g/mol. The molecule has 0 aromatic carbocycles. The molecule has 2 heteroatoms. The first-order valence-corrected chi connectivity index (χ1v) is 11.0. The van der Waals surface area contributed by atoms with Gasteiger partial charge in [0.05, 0.1) is 0 Å². The Kier molecular flexibility index (Phi) is 18.9. The van der Waals surface area contributed by atoms with Crippen LogP contribution in [0.2, 0.25) is 10.6 Å². The van der Waals surface area contributed by atoms with Gasteiger partial charge in [0.1, 0.15) is 0 Å². The van der Waals surface area contributed by atoms with Crippen molar-refractivity contribution in [1.82, 2.24) is 0 Å². The fourth-order valence-electron chi connectivity index (χ4n) is 2.31. The van der Waals surface area contributed by atoms with Crippen molar-refractivity contribution in [2.75, 3.05) is 6.61 Å². The fourth-order valence-corrected chi connectivity index (χ4v) is 4.30. The Hall–Kier alpha value is 0.479. The maximum absolute atomic E-state index is 8.68. The van der Waals surface area contributed by atoms with Gasteiger partial charge in [-0.25, -0.2) is 0 Å². The number of unbranched alkanes of at least 4 members (excludes halogenated alkanes) is 11. The summed E-state index contributed by atoms with van der Waals surface area (Å²) in [5, 5.41) is 11.4. The molecule has 0 aromatic heterocycles. The maximum atomic E-state index is 8.68. The van der Waals surface area contributed by atoms with Gasteiger partial charge in [-0.2, -0.15) is 0 Å². The monoisotopic (exact) mass is 336 g/mol. The van der Waals surface area contributed by atoms with Crippen molar-refractivity contribution in [2.24, 2.45) is 0 Å². The second kappa shape index (κ2) is 18.5. The minimum absolute atomic E-state index is 0.389. The van der Waals surface area contributed by atoms with E-state index < -0.39 is 0 Å². The van der Waals surface area contributed by atoms with E-state index in [1.54, 1.807) is 0 Å². The summed E-state index contributed by atoms with van der Waals surface area (Å²) in [7, 11) is 0. The van der Waals surface area contributed by atoms with E-state index in [2.05, 4.69) is 6.92 Å². The number of hydrogen-bond donors (Lipinski definition) is 1. The van der Waals surface area contributed by atoms with Crippen molar-refractivity contribution in [3.05, 3.63) is 0 Å². The molecule has 0 radical (unpaired) electrons. The standard InChI is InChI=1S/C17H36OSe/c1-2-3-4-5-6-7-8-9-10-11-12-13-16-19-17-14-15-18/h18H,2-17H2,1H3. The van der Waals surface area contributed by atoms with Gasteiger partial charge in [-0.05, 0) is 0 Å². The van der Waals surface area contributed by atoms with E-state index in [0.29, 0.717) is 6.61 Å². The zero-order valence-corrected chi connectivity index (χ0v) is 14.9. The molecule has 0 fully saturated rings. The van der Waals surface area contributed by atoms with Crippen LogP contribution in [0.4, 0.5) is 0 Å². The molecule has 0 unspecified atom stereocenters. The third-order valence-corrected chi connectivity index (χ3v) is 6.01. The summed E-state index contributed by atoms with van der Waals surface area (Å²) in [4.78, 5) is 0. The number of aliphatic hydroxyl groups is 1. The van der Waals surface area contributed by atoms with Crippen molar-refractivity contribution in [3.8, 4) is 0 Å². The molecule has 1 N–H and O–H groups in total. The van der Waals surface area contributed by atoms with Crippen LogP contribution < -0.4 is 0 Å². The Morgan fingerprint density at radius 1 is 0.579 bits per heavy atom. The molecule has 0 atom stereocenters. The van der Waals surface area contributed by atoms with Gasteiger partial charge in [0.15, 0.2) is 0 Å². The average Bonchev–Trinajstić information content (AvgIpc) is 2.43. The molecule has 0 heterocycles. The second-order valence-corrected chi connectivity index (χ2v) is 8.15. The molecular formula is C17H36OSe. The quantitative estimate of drug-likeness (QED) is 0.287. The normalized spacial score (nSPS) is 11.1. The summed E-state index contributed by atoms with van der Waals surface area (Å²) < 4.78 is 0. The molecule has 0 aromatic rings. The van der Waals surface area contributed by atoms with Gasteiger partial charge in [-0.3, -0.25) is 0 Å². The Balaban J connectivity index is 2.88. The third kappa shape index (κ3) is 18.5. The van der Waals surface area contributed by atoms with E-state index in [1.807, 2.05) is 0 Å². The van der Waals surface area contributed by atoms with Gasteiger partial charge >= 0.3 is 114 Å². The zero-order chi connectivity index (χ0) is 14.0. The SMILES string of the molecule is CCCCCCCCCCCCCC[Se]CCCO. The van der Waals surface area contributed by atoms with Gasteiger partial charge in [-0.1, -0.05) is 13.3 Å². The second-order valence-electron chi connectivity index (χ2n) is 5.58. The van der Waals surface area contributed by atoms with Crippen LogP contribution in [-0.2, 0) is 0 Å². The van der Waals surface area contributed by atoms with Crippen molar-refractivity contribution >= 4 is 15.0 Å². The topological polar surface area (TPSA) is 20.2 Å². The Labute approximate surface area is 128 Å². The van der Waals surface area contributed by atoms with Crippen LogP contribution in [0.3, 0.4) is 0 Å². The van der Waals surface area contributed by atoms with Crippen LogP contribution in [0.5, 0.6) is 0 Å². The third-order valence-electron chi connectivity index (χ3n) is 3.59. The molecule has 0 aliphatic heterocycles. The first-order chi connectivity index (χ1) is 9.41. The van der Waals surface area contributed by atoms with Crippen LogP contribution in [-0.4, -0.2) is 26.7 Å². The molecule has 0 amide bonds. The molecule has 0 aliphatic carbocycles. The Morgan fingerprint density at radius 2 is 1.00 bits per heavy atom.